The van der Waals surface area contributed by atoms with Crippen molar-refractivity contribution in [1.82, 2.24) is 24.4 Å². The summed E-state index contributed by atoms with van der Waals surface area (Å²) in [6.45, 7) is 9.71. The number of pyridine rings is 2. The summed E-state index contributed by atoms with van der Waals surface area (Å²) in [6, 6.07) is 18.4. The molecule has 2 fully saturated rings. The average molecular weight is 638 g/mol. The van der Waals surface area contributed by atoms with Gasteiger partial charge in [-0.1, -0.05) is 12.1 Å². The minimum atomic E-state index is -0.567. The number of nitrogens with zero attached hydrogens (tertiary/aromatic N) is 5. The largest absolute Gasteiger partial charge is 0.473 e. The van der Waals surface area contributed by atoms with Gasteiger partial charge in [-0.2, -0.15) is 0 Å². The SMILES string of the molecule is CC(C)(C)OC(=O)c1ccc2nc(CN3CCC(c4cccc(OCc5cc6cccnc6cc5F)n4)CC3)n(C[C@@H]3CCO3)c2c1. The van der Waals surface area contributed by atoms with Crippen LogP contribution >= 0.6 is 0 Å². The van der Waals surface area contributed by atoms with Crippen molar-refractivity contribution in [2.24, 2.45) is 0 Å². The molecule has 0 bridgehead atoms. The maximum Gasteiger partial charge on any atom is 0.338 e. The van der Waals surface area contributed by atoms with Gasteiger partial charge in [0.2, 0.25) is 5.88 Å². The molecule has 5 heterocycles. The molecule has 0 N–H and O–H groups in total. The fraction of sp³-hybridized carbons (Fsp3) is 0.405. The highest BCUT2D eigenvalue weighted by Gasteiger charge is 2.27. The summed E-state index contributed by atoms with van der Waals surface area (Å²) in [5.74, 6) is 1.10. The zero-order valence-corrected chi connectivity index (χ0v) is 27.1. The van der Waals surface area contributed by atoms with Crippen LogP contribution in [0.3, 0.4) is 0 Å². The van der Waals surface area contributed by atoms with Crippen LogP contribution in [-0.2, 0) is 29.2 Å². The Kier molecular flexibility index (Phi) is 8.63. The Balaban J connectivity index is 1.01. The zero-order chi connectivity index (χ0) is 32.5. The van der Waals surface area contributed by atoms with E-state index >= 15 is 0 Å². The summed E-state index contributed by atoms with van der Waals surface area (Å²) in [6.07, 6.45) is 4.73. The Morgan fingerprint density at radius 3 is 2.60 bits per heavy atom. The van der Waals surface area contributed by atoms with Crippen LogP contribution in [0.15, 0.2) is 66.9 Å². The number of esters is 1. The number of likely N-dealkylation sites (tertiary alicyclic amines) is 1. The zero-order valence-electron chi connectivity index (χ0n) is 27.1. The smallest absolute Gasteiger partial charge is 0.338 e. The van der Waals surface area contributed by atoms with Crippen molar-refractivity contribution in [3.63, 3.8) is 0 Å². The molecule has 1 atom stereocenters. The van der Waals surface area contributed by atoms with Gasteiger partial charge in [0.05, 0.1) is 41.3 Å². The Hall–Kier alpha value is -4.41. The third-order valence-electron chi connectivity index (χ3n) is 8.90. The Morgan fingerprint density at radius 1 is 1.00 bits per heavy atom. The van der Waals surface area contributed by atoms with Crippen molar-refractivity contribution in [2.45, 2.75) is 77.4 Å². The monoisotopic (exact) mass is 637 g/mol. The van der Waals surface area contributed by atoms with Crippen LogP contribution in [0.4, 0.5) is 4.39 Å². The highest BCUT2D eigenvalue weighted by atomic mass is 19.1. The topological polar surface area (TPSA) is 91.6 Å². The van der Waals surface area contributed by atoms with Gasteiger partial charge in [-0.15, -0.1) is 0 Å². The number of benzene rings is 2. The van der Waals surface area contributed by atoms with Gasteiger partial charge in [0.25, 0.3) is 0 Å². The predicted molar refractivity (Wildman–Crippen MR) is 177 cm³/mol. The molecule has 244 valence electrons. The maximum absolute atomic E-state index is 14.7. The number of ether oxygens (including phenoxy) is 3. The van der Waals surface area contributed by atoms with Crippen molar-refractivity contribution in [3.05, 3.63) is 95.3 Å². The lowest BCUT2D eigenvalue weighted by Crippen LogP contribution is -2.35. The standard InChI is InChI=1S/C37H40FN5O4/c1-37(2,3)47-36(44)26-9-10-31-33(19-26)43(21-28-13-17-45-28)34(40-31)22-42-15-11-24(12-16-42)30-7-4-8-35(41-30)46-23-27-18-25-6-5-14-39-32(25)20-29(27)38/h4-10,14,18-20,24,28H,11-13,15-17,21-23H2,1-3H3/t28-/m0/s1. The molecule has 0 spiro atoms. The van der Waals surface area contributed by atoms with E-state index in [0.29, 0.717) is 41.5 Å². The van der Waals surface area contributed by atoms with Gasteiger partial charge >= 0.3 is 5.97 Å². The number of carbonyl (C=O) groups is 1. The second kappa shape index (κ2) is 13.0. The van der Waals surface area contributed by atoms with Crippen molar-refractivity contribution in [1.29, 1.82) is 0 Å². The Bertz CT molecular complexity index is 1910. The summed E-state index contributed by atoms with van der Waals surface area (Å²) >= 11 is 0. The number of hydrogen-bond donors (Lipinski definition) is 0. The highest BCUT2D eigenvalue weighted by molar-refractivity contribution is 5.94. The van der Waals surface area contributed by atoms with E-state index in [0.717, 1.165) is 66.9 Å². The number of imidazole rings is 1. The summed E-state index contributed by atoms with van der Waals surface area (Å²) in [4.78, 5) is 29.3. The minimum absolute atomic E-state index is 0.0950. The second-order valence-electron chi connectivity index (χ2n) is 13.5. The van der Waals surface area contributed by atoms with Gasteiger partial charge in [-0.3, -0.25) is 9.88 Å². The molecule has 7 rings (SSSR count). The first-order valence-electron chi connectivity index (χ1n) is 16.4. The van der Waals surface area contributed by atoms with Crippen LogP contribution in [0.25, 0.3) is 21.9 Å². The highest BCUT2D eigenvalue weighted by Crippen LogP contribution is 2.30. The van der Waals surface area contributed by atoms with Crippen LogP contribution in [-0.4, -0.2) is 61.8 Å². The van der Waals surface area contributed by atoms with Gasteiger partial charge in [0.15, 0.2) is 0 Å². The molecular weight excluding hydrogens is 597 g/mol. The van der Waals surface area contributed by atoms with E-state index in [2.05, 4.69) is 20.5 Å². The van der Waals surface area contributed by atoms with Crippen LogP contribution in [0.5, 0.6) is 5.88 Å². The molecular formula is C37H40FN5O4. The van der Waals surface area contributed by atoms with Crippen molar-refractivity contribution in [2.75, 3.05) is 19.7 Å². The van der Waals surface area contributed by atoms with Crippen molar-refractivity contribution in [3.8, 4) is 5.88 Å². The number of rotatable bonds is 9. The van der Waals surface area contributed by atoms with Gasteiger partial charge in [0, 0.05) is 47.5 Å². The maximum atomic E-state index is 14.7. The van der Waals surface area contributed by atoms with E-state index in [1.165, 1.54) is 6.07 Å². The molecule has 0 saturated carbocycles. The summed E-state index contributed by atoms with van der Waals surface area (Å²) in [7, 11) is 0. The van der Waals surface area contributed by atoms with Crippen molar-refractivity contribution >= 4 is 27.9 Å². The van der Waals surface area contributed by atoms with Crippen LogP contribution in [0.2, 0.25) is 0 Å². The second-order valence-corrected chi connectivity index (χ2v) is 13.5. The molecule has 0 amide bonds. The molecule has 2 aliphatic rings. The van der Waals surface area contributed by atoms with Crippen LogP contribution in [0, 0.1) is 5.82 Å². The normalized spacial score (nSPS) is 17.6. The molecule has 3 aromatic heterocycles. The Labute approximate surface area is 273 Å². The number of hydrogen-bond acceptors (Lipinski definition) is 8. The van der Waals surface area contributed by atoms with Gasteiger partial charge in [-0.05, 0) is 89.5 Å². The molecule has 9 nitrogen and oxygen atoms in total. The summed E-state index contributed by atoms with van der Waals surface area (Å²) in [5, 5.41) is 0.874. The molecule has 10 heteroatoms. The molecule has 0 unspecified atom stereocenters. The number of carbonyl (C=O) groups excluding carboxylic acids is 1. The summed E-state index contributed by atoms with van der Waals surface area (Å²) < 4.78 is 34.3. The first-order valence-corrected chi connectivity index (χ1v) is 16.4. The molecule has 0 radical (unpaired) electrons. The van der Waals surface area contributed by atoms with E-state index in [1.807, 2.05) is 57.2 Å². The lowest BCUT2D eigenvalue weighted by atomic mass is 9.93. The van der Waals surface area contributed by atoms with Crippen molar-refractivity contribution < 1.29 is 23.4 Å². The van der Waals surface area contributed by atoms with Crippen LogP contribution in [0.1, 0.15) is 73.4 Å². The number of halogens is 1. The molecule has 47 heavy (non-hydrogen) atoms. The lowest BCUT2D eigenvalue weighted by molar-refractivity contribution is -0.0592. The molecule has 0 aliphatic carbocycles. The fourth-order valence-corrected chi connectivity index (χ4v) is 6.32. The number of piperidine rings is 1. The minimum Gasteiger partial charge on any atom is -0.473 e. The van der Waals surface area contributed by atoms with E-state index in [9.17, 15) is 9.18 Å². The molecule has 5 aromatic rings. The predicted octanol–water partition coefficient (Wildman–Crippen LogP) is 6.82. The fourth-order valence-electron chi connectivity index (χ4n) is 6.32. The molecule has 2 aliphatic heterocycles. The van der Waals surface area contributed by atoms with E-state index in [4.69, 9.17) is 24.2 Å². The number of fused-ring (bicyclic) bond motifs is 2. The third-order valence-corrected chi connectivity index (χ3v) is 8.90. The van der Waals surface area contributed by atoms with E-state index in [-0.39, 0.29) is 24.5 Å². The first kappa shape index (κ1) is 31.2. The quantitative estimate of drug-likeness (QED) is 0.163. The van der Waals surface area contributed by atoms with E-state index < -0.39 is 5.60 Å². The van der Waals surface area contributed by atoms with Gasteiger partial charge in [0.1, 0.15) is 23.8 Å². The molecule has 2 saturated heterocycles. The lowest BCUT2D eigenvalue weighted by Gasteiger charge is -2.32. The van der Waals surface area contributed by atoms with Crippen LogP contribution < -0.4 is 4.74 Å². The Morgan fingerprint density at radius 2 is 1.83 bits per heavy atom. The van der Waals surface area contributed by atoms with Gasteiger partial charge < -0.3 is 18.8 Å². The third kappa shape index (κ3) is 7.13. The molecule has 2 aromatic carbocycles. The number of aromatic nitrogens is 4. The summed E-state index contributed by atoms with van der Waals surface area (Å²) in [5.41, 5.74) is 3.84. The first-order chi connectivity index (χ1) is 22.7. The van der Waals surface area contributed by atoms with Gasteiger partial charge in [-0.25, -0.2) is 19.2 Å². The van der Waals surface area contributed by atoms with E-state index in [1.54, 1.807) is 18.3 Å². The average Bonchev–Trinajstić information content (AvgIpc) is 3.37.